The molecule has 156 valence electrons. The summed E-state index contributed by atoms with van der Waals surface area (Å²) in [5, 5.41) is 19.1. The fourth-order valence-corrected chi connectivity index (χ4v) is 5.66. The summed E-state index contributed by atoms with van der Waals surface area (Å²) >= 11 is 0. The van der Waals surface area contributed by atoms with Crippen LogP contribution in [0.4, 0.5) is 0 Å². The third kappa shape index (κ3) is 3.45. The van der Waals surface area contributed by atoms with E-state index >= 15 is 0 Å². The minimum atomic E-state index is -4.37. The molecule has 7 N–H and O–H groups in total. The maximum absolute atomic E-state index is 12.7. The number of para-hydroxylation sites is 1. The molecule has 14 heteroatoms. The quantitative estimate of drug-likeness (QED) is 0.257. The molecule has 0 bridgehead atoms. The minimum absolute atomic E-state index is 0.0127. The summed E-state index contributed by atoms with van der Waals surface area (Å²) in [6.45, 7) is 0.0832. The van der Waals surface area contributed by atoms with E-state index in [2.05, 4.69) is 30.6 Å². The molecule has 0 radical (unpaired) electrons. The Hall–Kier alpha value is -3.20. The lowest BCUT2D eigenvalue weighted by atomic mass is 9.98. The number of nitrogens with zero attached hydrogens (tertiary/aromatic N) is 3. The van der Waals surface area contributed by atoms with Crippen LogP contribution in [0.5, 0.6) is 0 Å². The molecule has 30 heavy (non-hydrogen) atoms. The van der Waals surface area contributed by atoms with Gasteiger partial charge in [0.15, 0.2) is 0 Å². The number of sulfonamides is 1. The van der Waals surface area contributed by atoms with Crippen molar-refractivity contribution in [1.29, 1.82) is 0 Å². The van der Waals surface area contributed by atoms with Crippen LogP contribution in [0.3, 0.4) is 0 Å². The van der Waals surface area contributed by atoms with E-state index < -0.39 is 26.5 Å². The van der Waals surface area contributed by atoms with Crippen LogP contribution in [0.1, 0.15) is 0 Å². The zero-order valence-corrected chi connectivity index (χ0v) is 16.9. The molecular weight excluding hydrogens is 432 g/mol. The SMILES string of the molecule is NCCS(=O)c1ccc(-c2cccc3[nH]c(=O)[nH]c23)c(-c2nn[nH]n2)c1S(N)(=O)=O. The lowest BCUT2D eigenvalue weighted by Crippen LogP contribution is -2.19. The lowest BCUT2D eigenvalue weighted by molar-refractivity contribution is 0.595. The van der Waals surface area contributed by atoms with Crippen molar-refractivity contribution in [2.75, 3.05) is 12.3 Å². The van der Waals surface area contributed by atoms with Gasteiger partial charge in [-0.3, -0.25) is 4.21 Å². The van der Waals surface area contributed by atoms with Crippen molar-refractivity contribution < 1.29 is 12.6 Å². The average Bonchev–Trinajstić information content (AvgIpc) is 3.34. The lowest BCUT2D eigenvalue weighted by Gasteiger charge is -2.16. The number of fused-ring (bicyclic) bond motifs is 1. The van der Waals surface area contributed by atoms with Crippen molar-refractivity contribution in [2.45, 2.75) is 9.79 Å². The molecule has 4 rings (SSSR count). The molecule has 0 aliphatic rings. The third-order valence-corrected chi connectivity index (χ3v) is 6.92. The maximum atomic E-state index is 12.7. The van der Waals surface area contributed by atoms with Gasteiger partial charge >= 0.3 is 5.69 Å². The van der Waals surface area contributed by atoms with Crippen LogP contribution in [0.2, 0.25) is 0 Å². The first-order valence-corrected chi connectivity index (χ1v) is 11.4. The van der Waals surface area contributed by atoms with Gasteiger partial charge in [-0.2, -0.15) is 5.21 Å². The molecule has 1 atom stereocenters. The second kappa shape index (κ2) is 7.56. The van der Waals surface area contributed by atoms with Crippen molar-refractivity contribution >= 4 is 31.9 Å². The minimum Gasteiger partial charge on any atom is -0.330 e. The van der Waals surface area contributed by atoms with Gasteiger partial charge in [-0.05, 0) is 22.9 Å². The van der Waals surface area contributed by atoms with E-state index in [0.717, 1.165) is 0 Å². The Morgan fingerprint density at radius 2 is 1.90 bits per heavy atom. The zero-order valence-electron chi connectivity index (χ0n) is 15.2. The summed E-state index contributed by atoms with van der Waals surface area (Å²) in [4.78, 5) is 16.7. The number of tetrazole rings is 1. The molecule has 2 heterocycles. The number of rotatable bonds is 6. The first kappa shape index (κ1) is 20.1. The van der Waals surface area contributed by atoms with E-state index in [1.54, 1.807) is 24.3 Å². The number of imidazole rings is 1. The topological polar surface area (TPSA) is 206 Å². The smallest absolute Gasteiger partial charge is 0.323 e. The third-order valence-electron chi connectivity index (χ3n) is 4.36. The van der Waals surface area contributed by atoms with Gasteiger partial charge in [-0.25, -0.2) is 18.4 Å². The van der Waals surface area contributed by atoms with Crippen LogP contribution in [0.25, 0.3) is 33.5 Å². The van der Waals surface area contributed by atoms with E-state index in [9.17, 15) is 17.4 Å². The van der Waals surface area contributed by atoms with Gasteiger partial charge in [0.25, 0.3) is 0 Å². The fraction of sp³-hybridized carbons (Fsp3) is 0.125. The number of aromatic nitrogens is 6. The predicted molar refractivity (Wildman–Crippen MR) is 109 cm³/mol. The number of hydrogen-bond donors (Lipinski definition) is 5. The van der Waals surface area contributed by atoms with E-state index in [0.29, 0.717) is 22.2 Å². The molecular formula is C16H16N8O4S2. The van der Waals surface area contributed by atoms with E-state index in [-0.39, 0.29) is 33.5 Å². The van der Waals surface area contributed by atoms with Gasteiger partial charge in [0.05, 0.1) is 32.3 Å². The number of aromatic amines is 3. The monoisotopic (exact) mass is 448 g/mol. The largest absolute Gasteiger partial charge is 0.330 e. The molecule has 0 saturated carbocycles. The predicted octanol–water partition coefficient (Wildman–Crippen LogP) is -0.583. The highest BCUT2D eigenvalue weighted by molar-refractivity contribution is 7.91. The number of nitrogens with one attached hydrogen (secondary N) is 3. The van der Waals surface area contributed by atoms with Crippen molar-refractivity contribution in [3.8, 4) is 22.5 Å². The van der Waals surface area contributed by atoms with Crippen LogP contribution in [0, 0.1) is 0 Å². The van der Waals surface area contributed by atoms with Gasteiger partial charge < -0.3 is 15.7 Å². The van der Waals surface area contributed by atoms with Crippen LogP contribution in [-0.2, 0) is 20.8 Å². The van der Waals surface area contributed by atoms with Crippen molar-refractivity contribution in [3.05, 3.63) is 40.8 Å². The Balaban J connectivity index is 2.15. The molecule has 12 nitrogen and oxygen atoms in total. The normalized spacial score (nSPS) is 13.0. The number of H-pyrrole nitrogens is 3. The molecule has 0 aliphatic carbocycles. The average molecular weight is 448 g/mol. The van der Waals surface area contributed by atoms with Crippen LogP contribution in [-0.4, -0.2) is 55.5 Å². The number of benzene rings is 2. The number of hydrogen-bond acceptors (Lipinski definition) is 8. The molecule has 2 aromatic carbocycles. The fourth-order valence-electron chi connectivity index (χ4n) is 3.24. The van der Waals surface area contributed by atoms with Crippen LogP contribution < -0.4 is 16.6 Å². The van der Waals surface area contributed by atoms with Crippen molar-refractivity contribution in [2.24, 2.45) is 10.9 Å². The standard InChI is InChI=1S/C16H16N8O4S2/c17-6-7-29(26)11-5-4-8(9-2-1-3-10-13(9)20-16(25)19-10)12(14(11)30(18,27)28)15-21-23-24-22-15/h1-5H,6-7,17H2,(H2,18,27,28)(H2,19,20,25)(H,21,22,23,24). The molecule has 0 spiro atoms. The molecule has 0 aliphatic heterocycles. The molecule has 1 unspecified atom stereocenters. The van der Waals surface area contributed by atoms with Gasteiger partial charge in [0.1, 0.15) is 4.90 Å². The summed E-state index contributed by atoms with van der Waals surface area (Å²) in [5.41, 5.74) is 6.90. The highest BCUT2D eigenvalue weighted by atomic mass is 32.2. The first-order valence-electron chi connectivity index (χ1n) is 8.54. The molecule has 0 fully saturated rings. The van der Waals surface area contributed by atoms with Crippen molar-refractivity contribution in [3.63, 3.8) is 0 Å². The highest BCUT2D eigenvalue weighted by Gasteiger charge is 2.29. The molecule has 2 aromatic heterocycles. The zero-order chi connectivity index (χ0) is 21.5. The second-order valence-corrected chi connectivity index (χ2v) is 9.28. The molecule has 0 amide bonds. The van der Waals surface area contributed by atoms with Gasteiger partial charge in [-0.1, -0.05) is 18.2 Å². The summed E-state index contributed by atoms with van der Waals surface area (Å²) in [6.07, 6.45) is 0. The van der Waals surface area contributed by atoms with Gasteiger partial charge in [0.2, 0.25) is 15.8 Å². The Labute approximate surface area is 171 Å². The Bertz CT molecular complexity index is 1420. The van der Waals surface area contributed by atoms with Crippen molar-refractivity contribution in [1.82, 2.24) is 30.6 Å². The van der Waals surface area contributed by atoms with E-state index in [1.165, 1.54) is 6.07 Å². The van der Waals surface area contributed by atoms with E-state index in [4.69, 9.17) is 10.9 Å². The van der Waals surface area contributed by atoms with Gasteiger partial charge in [0, 0.05) is 17.9 Å². The number of primary sulfonamides is 1. The summed E-state index contributed by atoms with van der Waals surface area (Å²) in [7, 11) is -6.10. The Morgan fingerprint density at radius 3 is 2.57 bits per heavy atom. The second-order valence-electron chi connectivity index (χ2n) is 6.24. The van der Waals surface area contributed by atoms with Gasteiger partial charge in [-0.15, -0.1) is 10.2 Å². The van der Waals surface area contributed by atoms with E-state index in [1.807, 2.05) is 0 Å². The number of nitrogens with two attached hydrogens (primary N) is 2. The first-order chi connectivity index (χ1) is 14.3. The Kier molecular flexibility index (Phi) is 5.07. The van der Waals surface area contributed by atoms with Crippen LogP contribution >= 0.6 is 0 Å². The molecule has 0 saturated heterocycles. The summed E-state index contributed by atoms with van der Waals surface area (Å²) in [5.74, 6) is -0.0237. The maximum Gasteiger partial charge on any atom is 0.323 e. The Morgan fingerprint density at radius 1 is 1.10 bits per heavy atom. The summed E-state index contributed by atoms with van der Waals surface area (Å²) in [6, 6.07) is 8.06. The summed E-state index contributed by atoms with van der Waals surface area (Å²) < 4.78 is 37.9. The van der Waals surface area contributed by atoms with Crippen LogP contribution in [0.15, 0.2) is 44.9 Å². The highest BCUT2D eigenvalue weighted by Crippen LogP contribution is 2.39. The molecule has 4 aromatic rings.